The lowest BCUT2D eigenvalue weighted by Crippen LogP contribution is -2.26. The highest BCUT2D eigenvalue weighted by atomic mass is 32.2. The summed E-state index contributed by atoms with van der Waals surface area (Å²) in [7, 11) is -2.19. The van der Waals surface area contributed by atoms with Gasteiger partial charge in [-0.2, -0.15) is 5.10 Å². The van der Waals surface area contributed by atoms with Gasteiger partial charge in [-0.3, -0.25) is 9.48 Å². The molecule has 0 radical (unpaired) electrons. The molecule has 0 saturated carbocycles. The number of rotatable bonds is 8. The molecule has 2 heterocycles. The molecule has 0 saturated heterocycles. The minimum absolute atomic E-state index is 0.0590. The van der Waals surface area contributed by atoms with Gasteiger partial charge in [-0.05, 0) is 76.5 Å². The number of hydrogen-bond donors (Lipinski definition) is 1. The quantitative estimate of drug-likeness (QED) is 0.203. The minimum atomic E-state index is -3.87. The van der Waals surface area contributed by atoms with E-state index in [0.717, 1.165) is 0 Å². The van der Waals surface area contributed by atoms with E-state index in [1.807, 2.05) is 0 Å². The minimum Gasteiger partial charge on any atom is -0.358 e. The topological polar surface area (TPSA) is 137 Å². The smallest absolute Gasteiger partial charge is 0.358 e. The highest BCUT2D eigenvalue weighted by molar-refractivity contribution is 7.90. The van der Waals surface area contributed by atoms with Crippen molar-refractivity contribution in [3.8, 4) is 11.8 Å². The maximum Gasteiger partial charge on any atom is 0.363 e. The van der Waals surface area contributed by atoms with Gasteiger partial charge in [-0.25, -0.2) is 12.8 Å². The fourth-order valence-corrected chi connectivity index (χ4v) is 5.04. The van der Waals surface area contributed by atoms with E-state index < -0.39 is 26.5 Å². The number of benzene rings is 2. The molecular weight excluding hydrogens is 525 g/mol. The highest BCUT2D eigenvalue weighted by Crippen LogP contribution is 2.22. The van der Waals surface area contributed by atoms with E-state index in [-0.39, 0.29) is 34.1 Å². The number of carbonyl (C=O) groups excluding carboxylic acids is 1. The summed E-state index contributed by atoms with van der Waals surface area (Å²) in [6.45, 7) is 0.217. The number of aryl methyl sites for hydroxylation is 1. The number of carbonyl (C=O) groups is 1. The van der Waals surface area contributed by atoms with Crippen LogP contribution in [0.1, 0.15) is 32.7 Å². The predicted octanol–water partition coefficient (Wildman–Crippen LogP) is 3.21. The van der Waals surface area contributed by atoms with Crippen molar-refractivity contribution in [2.45, 2.75) is 17.1 Å². The van der Waals surface area contributed by atoms with Crippen LogP contribution in [0.25, 0.3) is 0 Å². The molecule has 0 aliphatic rings. The third-order valence-corrected chi connectivity index (χ3v) is 7.27. The normalized spacial score (nSPS) is 10.9. The van der Waals surface area contributed by atoms with Crippen LogP contribution >= 0.6 is 0 Å². The van der Waals surface area contributed by atoms with Crippen molar-refractivity contribution in [1.29, 1.82) is 0 Å². The number of aromatic nitrogens is 3. The van der Waals surface area contributed by atoms with Crippen molar-refractivity contribution in [3.63, 3.8) is 0 Å². The lowest BCUT2D eigenvalue weighted by Gasteiger charge is -2.09. The largest absolute Gasteiger partial charge is 0.363 e. The molecule has 1 N–H and O–H groups in total. The van der Waals surface area contributed by atoms with Gasteiger partial charge in [0, 0.05) is 42.5 Å². The molecule has 2 aromatic carbocycles. The van der Waals surface area contributed by atoms with Gasteiger partial charge in [0.2, 0.25) is 0 Å². The van der Waals surface area contributed by atoms with Gasteiger partial charge in [-0.1, -0.05) is 11.8 Å². The Kier molecular flexibility index (Phi) is 8.12. The zero-order valence-corrected chi connectivity index (χ0v) is 21.5. The Bertz CT molecular complexity index is 1690. The van der Waals surface area contributed by atoms with Crippen molar-refractivity contribution in [1.82, 2.24) is 20.1 Å². The van der Waals surface area contributed by atoms with Crippen LogP contribution in [0.15, 0.2) is 78.0 Å². The first-order valence-electron chi connectivity index (χ1n) is 11.6. The number of halogens is 1. The number of nitrogens with zero attached hydrogens (tertiary/aromatic N) is 4. The van der Waals surface area contributed by atoms with Crippen molar-refractivity contribution < 1.29 is 22.5 Å². The van der Waals surface area contributed by atoms with Gasteiger partial charge >= 0.3 is 5.82 Å². The summed E-state index contributed by atoms with van der Waals surface area (Å²) >= 11 is 0. The maximum atomic E-state index is 13.3. The summed E-state index contributed by atoms with van der Waals surface area (Å²) in [5, 5.41) is 17.6. The monoisotopic (exact) mass is 547 g/mol. The molecule has 10 nitrogen and oxygen atoms in total. The van der Waals surface area contributed by atoms with E-state index in [2.05, 4.69) is 27.2 Å². The van der Waals surface area contributed by atoms with Gasteiger partial charge in [0.25, 0.3) is 5.91 Å². The maximum absolute atomic E-state index is 13.3. The molecule has 2 aromatic heterocycles. The third kappa shape index (κ3) is 7.12. The molecule has 0 unspecified atom stereocenters. The molecule has 0 fully saturated rings. The first-order chi connectivity index (χ1) is 18.6. The van der Waals surface area contributed by atoms with Crippen molar-refractivity contribution in [2.75, 3.05) is 6.54 Å². The SMILES string of the molecule is Cn1ccc(CS(=O)(=O)c2ccc(C(=O)NCCc3ccc([N+](=O)[O-])nc3)cc2C#Cc2ccc(F)cc2)n1. The molecule has 0 spiro atoms. The van der Waals surface area contributed by atoms with E-state index in [9.17, 15) is 27.7 Å². The van der Waals surface area contributed by atoms with E-state index >= 15 is 0 Å². The van der Waals surface area contributed by atoms with Crippen molar-refractivity contribution >= 4 is 21.6 Å². The Labute approximate surface area is 223 Å². The fraction of sp³-hybridized carbons (Fsp3) is 0.148. The standard InChI is InChI=1S/C27H22FN5O5S/c1-32-15-13-24(31-32)18-39(37,38)25-10-7-22(16-21(25)6-2-19-3-8-23(28)9-4-19)27(34)29-14-12-20-5-11-26(30-17-20)33(35)36/h3-5,7-11,13,15-17H,12,14,18H2,1H3,(H,29,34). The molecule has 1 amide bonds. The number of sulfone groups is 1. The highest BCUT2D eigenvalue weighted by Gasteiger charge is 2.22. The van der Waals surface area contributed by atoms with Crippen LogP contribution in [0.2, 0.25) is 0 Å². The molecule has 0 atom stereocenters. The number of nitro groups is 1. The molecule has 39 heavy (non-hydrogen) atoms. The lowest BCUT2D eigenvalue weighted by molar-refractivity contribution is -0.389. The molecule has 4 aromatic rings. The van der Waals surface area contributed by atoms with Crippen LogP contribution in [-0.2, 0) is 29.1 Å². The summed E-state index contributed by atoms with van der Waals surface area (Å²) in [6.07, 6.45) is 3.39. The van der Waals surface area contributed by atoms with Crippen LogP contribution in [0.5, 0.6) is 0 Å². The third-order valence-electron chi connectivity index (χ3n) is 5.56. The zero-order chi connectivity index (χ0) is 28.0. The van der Waals surface area contributed by atoms with E-state index in [4.69, 9.17) is 0 Å². The zero-order valence-electron chi connectivity index (χ0n) is 20.7. The first kappa shape index (κ1) is 27.2. The molecule has 0 aliphatic heterocycles. The summed E-state index contributed by atoms with van der Waals surface area (Å²) < 4.78 is 41.3. The van der Waals surface area contributed by atoms with Gasteiger partial charge in [-0.15, -0.1) is 0 Å². The second kappa shape index (κ2) is 11.7. The molecule has 0 bridgehead atoms. The average molecular weight is 548 g/mol. The van der Waals surface area contributed by atoms with E-state index in [1.54, 1.807) is 25.4 Å². The number of pyridine rings is 1. The Morgan fingerprint density at radius 3 is 2.51 bits per heavy atom. The summed E-state index contributed by atoms with van der Waals surface area (Å²) in [5.74, 6) is 4.14. The van der Waals surface area contributed by atoms with Gasteiger partial charge in [0.05, 0.1) is 16.3 Å². The Morgan fingerprint density at radius 1 is 1.10 bits per heavy atom. The summed E-state index contributed by atoms with van der Waals surface area (Å²) in [6, 6.07) is 14.0. The molecule has 4 rings (SSSR count). The second-order valence-corrected chi connectivity index (χ2v) is 10.5. The number of nitrogens with one attached hydrogen (secondary N) is 1. The van der Waals surface area contributed by atoms with E-state index in [1.165, 1.54) is 59.4 Å². The Morgan fingerprint density at radius 2 is 1.87 bits per heavy atom. The lowest BCUT2D eigenvalue weighted by atomic mass is 10.1. The first-order valence-corrected chi connectivity index (χ1v) is 13.3. The fourth-order valence-electron chi connectivity index (χ4n) is 3.62. The summed E-state index contributed by atoms with van der Waals surface area (Å²) in [4.78, 5) is 26.7. The molecule has 0 aliphatic carbocycles. The molecule has 198 valence electrons. The molecule has 12 heteroatoms. The van der Waals surface area contributed by atoms with Crippen LogP contribution in [0.3, 0.4) is 0 Å². The van der Waals surface area contributed by atoms with Crippen LogP contribution in [0, 0.1) is 27.8 Å². The van der Waals surface area contributed by atoms with Gasteiger partial charge in [0.15, 0.2) is 9.84 Å². The van der Waals surface area contributed by atoms with E-state index in [0.29, 0.717) is 23.2 Å². The Balaban J connectivity index is 1.57. The van der Waals surface area contributed by atoms with Gasteiger partial charge in [0.1, 0.15) is 12.0 Å². The summed E-state index contributed by atoms with van der Waals surface area (Å²) in [5.41, 5.74) is 1.83. The second-order valence-electron chi connectivity index (χ2n) is 8.50. The Hall–Kier alpha value is -4.89. The average Bonchev–Trinajstić information content (AvgIpc) is 3.31. The number of amides is 1. The number of hydrogen-bond acceptors (Lipinski definition) is 7. The van der Waals surface area contributed by atoms with Crippen LogP contribution < -0.4 is 5.32 Å². The van der Waals surface area contributed by atoms with Gasteiger partial charge < -0.3 is 15.4 Å². The van der Waals surface area contributed by atoms with Crippen molar-refractivity contribution in [2.24, 2.45) is 7.05 Å². The van der Waals surface area contributed by atoms with Crippen LogP contribution in [0.4, 0.5) is 10.2 Å². The van der Waals surface area contributed by atoms with Crippen LogP contribution in [-0.4, -0.2) is 40.6 Å². The predicted molar refractivity (Wildman–Crippen MR) is 140 cm³/mol. The van der Waals surface area contributed by atoms with Crippen molar-refractivity contribution in [3.05, 3.63) is 117 Å². The molecular formula is C27H22FN5O5S.